The van der Waals surface area contributed by atoms with E-state index in [9.17, 15) is 9.59 Å². The summed E-state index contributed by atoms with van der Waals surface area (Å²) in [4.78, 5) is 39.4. The number of carbonyl (C=O) groups excluding carboxylic acids is 1. The summed E-state index contributed by atoms with van der Waals surface area (Å²) in [5.41, 5.74) is 0.415. The fourth-order valence-corrected chi connectivity index (χ4v) is 3.31. The molecule has 0 radical (unpaired) electrons. The van der Waals surface area contributed by atoms with E-state index in [1.165, 1.54) is 10.9 Å². The summed E-state index contributed by atoms with van der Waals surface area (Å²) >= 11 is 0. The third-order valence-electron chi connectivity index (χ3n) is 4.94. The molecule has 1 aliphatic rings. The van der Waals surface area contributed by atoms with Crippen LogP contribution in [0.4, 0.5) is 0 Å². The minimum atomic E-state index is -0.209. The molecular weight excluding hydrogens is 374 g/mol. The van der Waals surface area contributed by atoms with Crippen LogP contribution in [-0.4, -0.2) is 56.6 Å². The fourth-order valence-electron chi connectivity index (χ4n) is 3.31. The smallest absolute Gasteiger partial charge is 0.316 e. The van der Waals surface area contributed by atoms with Crippen molar-refractivity contribution in [2.45, 2.75) is 25.5 Å². The van der Waals surface area contributed by atoms with Crippen molar-refractivity contribution in [1.29, 1.82) is 0 Å². The van der Waals surface area contributed by atoms with Crippen molar-refractivity contribution >= 4 is 16.8 Å². The summed E-state index contributed by atoms with van der Waals surface area (Å²) in [6.07, 6.45) is 5.82. The second-order valence-electron chi connectivity index (χ2n) is 6.80. The Kier molecular flexibility index (Phi) is 5.37. The summed E-state index contributed by atoms with van der Waals surface area (Å²) in [6.45, 7) is 1.08. The number of piperidine rings is 1. The number of hydrogen-bond acceptors (Lipinski definition) is 7. The molecule has 0 atom stereocenters. The van der Waals surface area contributed by atoms with Crippen LogP contribution in [-0.2, 0) is 11.3 Å². The maximum absolute atomic E-state index is 12.7. The van der Waals surface area contributed by atoms with Gasteiger partial charge in [-0.25, -0.2) is 4.98 Å². The molecule has 0 aliphatic carbocycles. The van der Waals surface area contributed by atoms with Crippen LogP contribution in [0.2, 0.25) is 0 Å². The summed E-state index contributed by atoms with van der Waals surface area (Å²) in [7, 11) is 1.55. The van der Waals surface area contributed by atoms with Gasteiger partial charge in [0, 0.05) is 25.9 Å². The highest BCUT2D eigenvalue weighted by atomic mass is 16.5. The summed E-state index contributed by atoms with van der Waals surface area (Å²) in [6, 6.07) is 7.41. The van der Waals surface area contributed by atoms with Crippen molar-refractivity contribution in [2.24, 2.45) is 0 Å². The Morgan fingerprint density at radius 1 is 1.14 bits per heavy atom. The second-order valence-corrected chi connectivity index (χ2v) is 6.80. The first-order valence-electron chi connectivity index (χ1n) is 9.38. The molecule has 1 saturated heterocycles. The number of benzene rings is 1. The van der Waals surface area contributed by atoms with Crippen molar-refractivity contribution in [2.75, 3.05) is 20.2 Å². The molecule has 1 aromatic carbocycles. The zero-order valence-electron chi connectivity index (χ0n) is 16.0. The molecular formula is C20H21N5O4. The second kappa shape index (κ2) is 8.26. The van der Waals surface area contributed by atoms with Gasteiger partial charge >= 0.3 is 6.01 Å². The molecule has 1 fully saturated rings. The van der Waals surface area contributed by atoms with Crippen molar-refractivity contribution < 1.29 is 14.3 Å². The number of ether oxygens (including phenoxy) is 2. The van der Waals surface area contributed by atoms with Crippen LogP contribution in [0.1, 0.15) is 12.8 Å². The summed E-state index contributed by atoms with van der Waals surface area (Å²) in [5.74, 6) is 0.458. The monoisotopic (exact) mass is 395 g/mol. The highest BCUT2D eigenvalue weighted by molar-refractivity contribution is 5.79. The van der Waals surface area contributed by atoms with Gasteiger partial charge in [0.25, 0.3) is 5.56 Å². The van der Waals surface area contributed by atoms with Crippen molar-refractivity contribution in [3.63, 3.8) is 0 Å². The zero-order valence-corrected chi connectivity index (χ0v) is 16.0. The average Bonchev–Trinajstić information content (AvgIpc) is 2.77. The molecule has 0 bridgehead atoms. The Morgan fingerprint density at radius 3 is 2.59 bits per heavy atom. The number of fused-ring (bicyclic) bond motifs is 1. The van der Waals surface area contributed by atoms with Gasteiger partial charge in [0.15, 0.2) is 5.75 Å². The molecule has 1 amide bonds. The lowest BCUT2D eigenvalue weighted by atomic mass is 10.1. The first kappa shape index (κ1) is 18.9. The van der Waals surface area contributed by atoms with Gasteiger partial charge in [-0.05, 0) is 12.1 Å². The van der Waals surface area contributed by atoms with Gasteiger partial charge in [0.2, 0.25) is 5.91 Å². The van der Waals surface area contributed by atoms with Gasteiger partial charge in [-0.15, -0.1) is 0 Å². The van der Waals surface area contributed by atoms with Crippen LogP contribution >= 0.6 is 0 Å². The molecule has 3 aromatic rings. The quantitative estimate of drug-likeness (QED) is 0.641. The van der Waals surface area contributed by atoms with E-state index < -0.39 is 0 Å². The lowest BCUT2D eigenvalue weighted by molar-refractivity contribution is -0.133. The van der Waals surface area contributed by atoms with E-state index in [2.05, 4.69) is 15.0 Å². The minimum Gasteiger partial charge on any atom is -0.494 e. The molecule has 9 heteroatoms. The molecule has 0 spiro atoms. The molecule has 9 nitrogen and oxygen atoms in total. The van der Waals surface area contributed by atoms with Gasteiger partial charge in [-0.3, -0.25) is 14.2 Å². The van der Waals surface area contributed by atoms with Crippen LogP contribution in [0.25, 0.3) is 10.9 Å². The van der Waals surface area contributed by atoms with E-state index in [4.69, 9.17) is 9.47 Å². The maximum Gasteiger partial charge on any atom is 0.316 e. The molecule has 3 heterocycles. The Morgan fingerprint density at radius 2 is 1.86 bits per heavy atom. The van der Waals surface area contributed by atoms with Crippen LogP contribution in [0.15, 0.2) is 47.8 Å². The first-order chi connectivity index (χ1) is 14.1. The van der Waals surface area contributed by atoms with E-state index in [1.807, 2.05) is 6.07 Å². The number of para-hydroxylation sites is 1. The van der Waals surface area contributed by atoms with Crippen molar-refractivity contribution in [3.05, 3.63) is 53.3 Å². The van der Waals surface area contributed by atoms with E-state index in [-0.39, 0.29) is 24.1 Å². The number of aromatic nitrogens is 4. The normalized spacial score (nSPS) is 14.7. The lowest BCUT2D eigenvalue weighted by Crippen LogP contribution is -2.44. The Hall–Kier alpha value is -3.49. The van der Waals surface area contributed by atoms with Gasteiger partial charge in [-0.1, -0.05) is 12.1 Å². The highest BCUT2D eigenvalue weighted by Gasteiger charge is 2.25. The van der Waals surface area contributed by atoms with E-state index >= 15 is 0 Å². The number of amides is 1. The Balaban J connectivity index is 1.34. The third-order valence-corrected chi connectivity index (χ3v) is 4.94. The number of likely N-dealkylation sites (tertiary alicyclic amines) is 1. The molecule has 2 aromatic heterocycles. The van der Waals surface area contributed by atoms with Crippen LogP contribution in [0.5, 0.6) is 11.8 Å². The first-order valence-corrected chi connectivity index (χ1v) is 9.38. The standard InChI is InChI=1S/C20H21N5O4/c1-28-15-10-21-20(22-11-15)29-14-6-8-24(9-7-14)18(26)12-25-13-23-17-5-3-2-4-16(17)19(25)27/h2-5,10-11,13-14H,6-9,12H2,1H3. The Labute approximate surface area is 166 Å². The average molecular weight is 395 g/mol. The van der Waals surface area contributed by atoms with Gasteiger partial charge in [0.1, 0.15) is 12.6 Å². The highest BCUT2D eigenvalue weighted by Crippen LogP contribution is 2.17. The SMILES string of the molecule is COc1cnc(OC2CCN(C(=O)Cn3cnc4ccccc4c3=O)CC2)nc1. The lowest BCUT2D eigenvalue weighted by Gasteiger charge is -2.31. The maximum atomic E-state index is 12.7. The molecule has 29 heavy (non-hydrogen) atoms. The number of carbonyl (C=O) groups is 1. The predicted octanol–water partition coefficient (Wildman–Crippen LogP) is 1.27. The molecule has 4 rings (SSSR count). The van der Waals surface area contributed by atoms with Crippen molar-refractivity contribution in [3.8, 4) is 11.8 Å². The van der Waals surface area contributed by atoms with Crippen LogP contribution < -0.4 is 15.0 Å². The fraction of sp³-hybridized carbons (Fsp3) is 0.350. The largest absolute Gasteiger partial charge is 0.494 e. The van der Waals surface area contributed by atoms with Gasteiger partial charge in [-0.2, -0.15) is 9.97 Å². The zero-order chi connectivity index (χ0) is 20.2. The van der Waals surface area contributed by atoms with Crippen LogP contribution in [0.3, 0.4) is 0 Å². The molecule has 1 aliphatic heterocycles. The topological polar surface area (TPSA) is 99.4 Å². The molecule has 0 unspecified atom stereocenters. The van der Waals surface area contributed by atoms with Crippen LogP contribution in [0, 0.1) is 0 Å². The number of methoxy groups -OCH3 is 1. The third kappa shape index (κ3) is 4.18. The van der Waals surface area contributed by atoms with E-state index in [0.717, 1.165) is 0 Å². The van der Waals surface area contributed by atoms with Crippen molar-refractivity contribution in [1.82, 2.24) is 24.4 Å². The number of rotatable bonds is 5. The minimum absolute atomic E-state index is 0.0240. The van der Waals surface area contributed by atoms with Gasteiger partial charge in [0.05, 0.1) is 36.7 Å². The number of nitrogens with zero attached hydrogens (tertiary/aromatic N) is 5. The Bertz CT molecular complexity index is 1060. The predicted molar refractivity (Wildman–Crippen MR) is 105 cm³/mol. The molecule has 150 valence electrons. The summed E-state index contributed by atoms with van der Waals surface area (Å²) < 4.78 is 12.2. The van der Waals surface area contributed by atoms with Gasteiger partial charge < -0.3 is 14.4 Å². The number of hydrogen-bond donors (Lipinski definition) is 0. The van der Waals surface area contributed by atoms with E-state index in [1.54, 1.807) is 42.6 Å². The van der Waals surface area contributed by atoms with E-state index in [0.29, 0.717) is 48.6 Å². The molecule has 0 N–H and O–H groups in total. The molecule has 0 saturated carbocycles. The summed E-state index contributed by atoms with van der Waals surface area (Å²) in [5, 5.41) is 0.509.